The van der Waals surface area contributed by atoms with Gasteiger partial charge >= 0.3 is 0 Å². The number of carbonyl (C=O) groups is 1. The third-order valence-corrected chi connectivity index (χ3v) is 4.61. The standard InChI is InChI=1S/C20H26N4O/c1-20(2,3)14-8-10-16(11-9-14)22-19(25)17-12-13-18(24-23-17)21-15-6-4-5-7-15/h8-13,15H,4-7H2,1-3H3,(H,21,24)(H,22,25). The average molecular weight is 338 g/mol. The van der Waals surface area contributed by atoms with Gasteiger partial charge in [-0.15, -0.1) is 10.2 Å². The van der Waals surface area contributed by atoms with E-state index in [0.29, 0.717) is 11.7 Å². The maximum Gasteiger partial charge on any atom is 0.276 e. The summed E-state index contributed by atoms with van der Waals surface area (Å²) in [5.41, 5.74) is 2.40. The van der Waals surface area contributed by atoms with Crippen molar-refractivity contribution in [2.24, 2.45) is 0 Å². The van der Waals surface area contributed by atoms with Crippen LogP contribution < -0.4 is 10.6 Å². The molecule has 1 aromatic carbocycles. The molecule has 5 heteroatoms. The average Bonchev–Trinajstić information content (AvgIpc) is 3.08. The van der Waals surface area contributed by atoms with Crippen molar-refractivity contribution in [1.82, 2.24) is 10.2 Å². The van der Waals surface area contributed by atoms with E-state index in [1.165, 1.54) is 31.2 Å². The summed E-state index contributed by atoms with van der Waals surface area (Å²) >= 11 is 0. The van der Waals surface area contributed by atoms with Crippen LogP contribution in [0, 0.1) is 0 Å². The Morgan fingerprint density at radius 1 is 1.00 bits per heavy atom. The highest BCUT2D eigenvalue weighted by Gasteiger charge is 2.16. The molecule has 1 heterocycles. The second kappa shape index (κ2) is 7.21. The second-order valence-electron chi connectivity index (χ2n) is 7.71. The Morgan fingerprint density at radius 2 is 1.68 bits per heavy atom. The van der Waals surface area contributed by atoms with Gasteiger partial charge in [0.05, 0.1) is 0 Å². The summed E-state index contributed by atoms with van der Waals surface area (Å²) in [7, 11) is 0. The second-order valence-corrected chi connectivity index (χ2v) is 7.71. The molecule has 1 fully saturated rings. The first kappa shape index (κ1) is 17.4. The van der Waals surface area contributed by atoms with Gasteiger partial charge in [-0.3, -0.25) is 4.79 Å². The quantitative estimate of drug-likeness (QED) is 0.868. The van der Waals surface area contributed by atoms with E-state index in [1.807, 2.05) is 30.3 Å². The van der Waals surface area contributed by atoms with Crippen LogP contribution in [0.2, 0.25) is 0 Å². The molecule has 5 nitrogen and oxygen atoms in total. The minimum Gasteiger partial charge on any atom is -0.366 e. The predicted molar refractivity (Wildman–Crippen MR) is 101 cm³/mol. The largest absolute Gasteiger partial charge is 0.366 e. The molecule has 0 spiro atoms. The molecule has 1 aromatic heterocycles. The monoisotopic (exact) mass is 338 g/mol. The number of nitrogens with one attached hydrogen (secondary N) is 2. The molecule has 0 saturated heterocycles. The maximum absolute atomic E-state index is 12.3. The van der Waals surface area contributed by atoms with Crippen LogP contribution in [-0.4, -0.2) is 22.1 Å². The van der Waals surface area contributed by atoms with Crippen LogP contribution in [0.4, 0.5) is 11.5 Å². The number of hydrogen-bond donors (Lipinski definition) is 2. The summed E-state index contributed by atoms with van der Waals surface area (Å²) in [6.45, 7) is 6.49. The molecule has 0 aliphatic heterocycles. The van der Waals surface area contributed by atoms with E-state index < -0.39 is 0 Å². The number of nitrogens with zero attached hydrogens (tertiary/aromatic N) is 2. The third kappa shape index (κ3) is 4.56. The molecule has 2 aromatic rings. The number of aromatic nitrogens is 2. The van der Waals surface area contributed by atoms with Crippen LogP contribution in [0.25, 0.3) is 0 Å². The Morgan fingerprint density at radius 3 is 2.24 bits per heavy atom. The summed E-state index contributed by atoms with van der Waals surface area (Å²) in [4.78, 5) is 12.3. The van der Waals surface area contributed by atoms with Crippen molar-refractivity contribution < 1.29 is 4.79 Å². The molecule has 0 radical (unpaired) electrons. The number of anilines is 2. The smallest absolute Gasteiger partial charge is 0.276 e. The molecule has 1 aliphatic carbocycles. The van der Waals surface area contributed by atoms with Crippen LogP contribution in [-0.2, 0) is 5.41 Å². The Bertz CT molecular complexity index is 711. The maximum atomic E-state index is 12.3. The van der Waals surface area contributed by atoms with Gasteiger partial charge in [0.2, 0.25) is 0 Å². The molecule has 2 N–H and O–H groups in total. The predicted octanol–water partition coefficient (Wildman–Crippen LogP) is 4.38. The van der Waals surface area contributed by atoms with Crippen molar-refractivity contribution in [3.63, 3.8) is 0 Å². The van der Waals surface area contributed by atoms with E-state index >= 15 is 0 Å². The number of hydrogen-bond acceptors (Lipinski definition) is 4. The number of rotatable bonds is 4. The van der Waals surface area contributed by atoms with Crippen molar-refractivity contribution in [2.75, 3.05) is 10.6 Å². The van der Waals surface area contributed by atoms with Gasteiger partial charge in [0.1, 0.15) is 5.82 Å². The first-order chi connectivity index (χ1) is 11.9. The number of amides is 1. The number of benzene rings is 1. The topological polar surface area (TPSA) is 66.9 Å². The van der Waals surface area contributed by atoms with E-state index in [-0.39, 0.29) is 11.3 Å². The van der Waals surface area contributed by atoms with E-state index in [2.05, 4.69) is 41.6 Å². The van der Waals surface area contributed by atoms with Gasteiger partial charge in [0.25, 0.3) is 5.91 Å². The molecule has 25 heavy (non-hydrogen) atoms. The third-order valence-electron chi connectivity index (χ3n) is 4.61. The molecule has 1 aliphatic rings. The van der Waals surface area contributed by atoms with E-state index in [4.69, 9.17) is 0 Å². The zero-order valence-corrected chi connectivity index (χ0v) is 15.2. The normalized spacial score (nSPS) is 15.2. The lowest BCUT2D eigenvalue weighted by Gasteiger charge is -2.19. The van der Waals surface area contributed by atoms with E-state index in [9.17, 15) is 4.79 Å². The molecule has 0 unspecified atom stereocenters. The first-order valence-electron chi connectivity index (χ1n) is 8.94. The fourth-order valence-electron chi connectivity index (χ4n) is 3.06. The van der Waals surface area contributed by atoms with Crippen LogP contribution in [0.3, 0.4) is 0 Å². The van der Waals surface area contributed by atoms with Crippen molar-refractivity contribution in [3.05, 3.63) is 47.7 Å². The van der Waals surface area contributed by atoms with Gasteiger partial charge in [-0.2, -0.15) is 0 Å². The van der Waals surface area contributed by atoms with Crippen LogP contribution in [0.1, 0.15) is 62.5 Å². The zero-order valence-electron chi connectivity index (χ0n) is 15.2. The first-order valence-corrected chi connectivity index (χ1v) is 8.94. The van der Waals surface area contributed by atoms with E-state index in [0.717, 1.165) is 11.5 Å². The van der Waals surface area contributed by atoms with Gasteiger partial charge in [-0.05, 0) is 48.1 Å². The Balaban J connectivity index is 1.60. The zero-order chi connectivity index (χ0) is 17.9. The lowest BCUT2D eigenvalue weighted by molar-refractivity contribution is 0.102. The highest BCUT2D eigenvalue weighted by Crippen LogP contribution is 2.24. The van der Waals surface area contributed by atoms with Gasteiger partial charge < -0.3 is 10.6 Å². The van der Waals surface area contributed by atoms with Gasteiger partial charge in [0.15, 0.2) is 5.69 Å². The highest BCUT2D eigenvalue weighted by molar-refractivity contribution is 6.02. The lowest BCUT2D eigenvalue weighted by Crippen LogP contribution is -2.18. The van der Waals surface area contributed by atoms with Gasteiger partial charge in [-0.1, -0.05) is 45.7 Å². The van der Waals surface area contributed by atoms with E-state index in [1.54, 1.807) is 6.07 Å². The van der Waals surface area contributed by atoms with Crippen LogP contribution in [0.5, 0.6) is 0 Å². The molecule has 1 amide bonds. The van der Waals surface area contributed by atoms with Crippen molar-refractivity contribution >= 4 is 17.4 Å². The summed E-state index contributed by atoms with van der Waals surface area (Å²) in [6.07, 6.45) is 4.88. The lowest BCUT2D eigenvalue weighted by atomic mass is 9.87. The van der Waals surface area contributed by atoms with Crippen molar-refractivity contribution in [2.45, 2.75) is 57.9 Å². The molecule has 0 atom stereocenters. The minimum atomic E-state index is -0.247. The van der Waals surface area contributed by atoms with Gasteiger partial charge in [-0.25, -0.2) is 0 Å². The highest BCUT2D eigenvalue weighted by atomic mass is 16.1. The SMILES string of the molecule is CC(C)(C)c1ccc(NC(=O)c2ccc(NC3CCCC3)nn2)cc1. The summed E-state index contributed by atoms with van der Waals surface area (Å²) < 4.78 is 0. The van der Waals surface area contributed by atoms with Crippen LogP contribution in [0.15, 0.2) is 36.4 Å². The molecule has 3 rings (SSSR count). The minimum absolute atomic E-state index is 0.0934. The molecular weight excluding hydrogens is 312 g/mol. The molecule has 0 bridgehead atoms. The van der Waals surface area contributed by atoms with Crippen molar-refractivity contribution in [1.29, 1.82) is 0 Å². The van der Waals surface area contributed by atoms with Crippen molar-refractivity contribution in [3.8, 4) is 0 Å². The fraction of sp³-hybridized carbons (Fsp3) is 0.450. The molecular formula is C20H26N4O. The summed E-state index contributed by atoms with van der Waals surface area (Å²) in [5.74, 6) is 0.487. The van der Waals surface area contributed by atoms with Crippen LogP contribution >= 0.6 is 0 Å². The Hall–Kier alpha value is -2.43. The molecule has 1 saturated carbocycles. The van der Waals surface area contributed by atoms with Gasteiger partial charge in [0, 0.05) is 11.7 Å². The number of carbonyl (C=O) groups excluding carboxylic acids is 1. The Labute approximate surface area is 149 Å². The molecule has 132 valence electrons. The summed E-state index contributed by atoms with van der Waals surface area (Å²) in [6, 6.07) is 11.9. The fourth-order valence-corrected chi connectivity index (χ4v) is 3.06. The summed E-state index contributed by atoms with van der Waals surface area (Å²) in [5, 5.41) is 14.4. The Kier molecular flexibility index (Phi) is 5.02.